The minimum atomic E-state index is -0.210. The van der Waals surface area contributed by atoms with Crippen molar-refractivity contribution in [2.24, 2.45) is 0 Å². The zero-order valence-corrected chi connectivity index (χ0v) is 21.2. The molecule has 9 heteroatoms. The highest BCUT2D eigenvalue weighted by molar-refractivity contribution is 6.04. The lowest BCUT2D eigenvalue weighted by Crippen LogP contribution is -2.32. The number of benzene rings is 2. The first-order chi connectivity index (χ1) is 17.9. The number of likely N-dealkylation sites (tertiary alicyclic amines) is 1. The Bertz CT molecular complexity index is 1510. The van der Waals surface area contributed by atoms with E-state index in [1.807, 2.05) is 29.8 Å². The number of rotatable bonds is 4. The molecule has 0 unspecified atom stereocenters. The fraction of sp³-hybridized carbons (Fsp3) is 0.286. The van der Waals surface area contributed by atoms with Crippen LogP contribution in [0.5, 0.6) is 5.75 Å². The van der Waals surface area contributed by atoms with E-state index in [1.54, 1.807) is 31.4 Å². The van der Waals surface area contributed by atoms with E-state index in [4.69, 9.17) is 15.6 Å². The highest BCUT2D eigenvalue weighted by Crippen LogP contribution is 2.28. The van der Waals surface area contributed by atoms with Crippen LogP contribution in [0.1, 0.15) is 46.1 Å². The Morgan fingerprint density at radius 1 is 1.11 bits per heavy atom. The number of fused-ring (bicyclic) bond motifs is 1. The molecule has 9 nitrogen and oxygen atoms in total. The Balaban J connectivity index is 1.44. The van der Waals surface area contributed by atoms with Crippen molar-refractivity contribution in [2.75, 3.05) is 38.3 Å². The Labute approximate surface area is 215 Å². The van der Waals surface area contributed by atoms with Gasteiger partial charge in [-0.3, -0.25) is 4.79 Å². The minimum absolute atomic E-state index is 0.210. The minimum Gasteiger partial charge on any atom is -0.497 e. The van der Waals surface area contributed by atoms with Gasteiger partial charge in [0.2, 0.25) is 0 Å². The van der Waals surface area contributed by atoms with Crippen molar-refractivity contribution in [2.45, 2.75) is 25.8 Å². The molecule has 188 valence electrons. The third-order valence-corrected chi connectivity index (χ3v) is 6.72. The molecular weight excluding hydrogens is 466 g/mol. The molecule has 1 amide bonds. The molecule has 0 spiro atoms. The Hall–Kier alpha value is -4.42. The monoisotopic (exact) mass is 495 g/mol. The SMILES string of the molecule is COc1ccc(C(=O)Nc2ccc(C)c(C#Cc3nn(C4CCN(C)CC4)c4ncnc(N)c34)c2)cc1. The van der Waals surface area contributed by atoms with Gasteiger partial charge in [0.25, 0.3) is 5.91 Å². The van der Waals surface area contributed by atoms with Crippen molar-refractivity contribution < 1.29 is 9.53 Å². The lowest BCUT2D eigenvalue weighted by molar-refractivity contribution is 0.102. The van der Waals surface area contributed by atoms with Crippen LogP contribution in [0.2, 0.25) is 0 Å². The maximum Gasteiger partial charge on any atom is 0.255 e. The van der Waals surface area contributed by atoms with Gasteiger partial charge in [0, 0.05) is 16.8 Å². The summed E-state index contributed by atoms with van der Waals surface area (Å²) in [5.74, 6) is 7.28. The summed E-state index contributed by atoms with van der Waals surface area (Å²) in [5.41, 5.74) is 10.5. The van der Waals surface area contributed by atoms with Gasteiger partial charge in [-0.25, -0.2) is 14.6 Å². The second-order valence-electron chi connectivity index (χ2n) is 9.25. The van der Waals surface area contributed by atoms with Crippen molar-refractivity contribution in [3.8, 4) is 17.6 Å². The summed E-state index contributed by atoms with van der Waals surface area (Å²) in [5, 5.41) is 8.45. The number of nitrogens with zero attached hydrogens (tertiary/aromatic N) is 5. The Morgan fingerprint density at radius 3 is 2.59 bits per heavy atom. The van der Waals surface area contributed by atoms with Gasteiger partial charge in [-0.05, 0) is 87.8 Å². The highest BCUT2D eigenvalue weighted by atomic mass is 16.5. The standard InChI is InChI=1S/C28H29N7O2/c1-18-4-8-21(32-28(36)19-5-9-23(37-3)10-6-19)16-20(18)7-11-24-25-26(29)30-17-31-27(25)35(33-24)22-12-14-34(2)15-13-22/h4-6,8-10,16-17,22H,12-15H2,1-3H3,(H,32,36)(H2,29,30,31). The summed E-state index contributed by atoms with van der Waals surface area (Å²) < 4.78 is 7.12. The van der Waals surface area contributed by atoms with E-state index in [1.165, 1.54) is 6.33 Å². The smallest absolute Gasteiger partial charge is 0.255 e. The summed E-state index contributed by atoms with van der Waals surface area (Å²) in [6.07, 6.45) is 3.44. The number of piperidine rings is 1. The van der Waals surface area contributed by atoms with Gasteiger partial charge in [-0.15, -0.1) is 0 Å². The molecule has 2 aromatic carbocycles. The van der Waals surface area contributed by atoms with Crippen molar-refractivity contribution >= 4 is 28.4 Å². The first kappa shape index (κ1) is 24.3. The lowest BCUT2D eigenvalue weighted by atomic mass is 10.1. The van der Waals surface area contributed by atoms with Gasteiger partial charge in [-0.2, -0.15) is 5.10 Å². The number of hydrogen-bond acceptors (Lipinski definition) is 7. The summed E-state index contributed by atoms with van der Waals surface area (Å²) in [6, 6.07) is 12.8. The van der Waals surface area contributed by atoms with Gasteiger partial charge < -0.3 is 20.7 Å². The number of nitrogen functional groups attached to an aromatic ring is 1. The van der Waals surface area contributed by atoms with Crippen LogP contribution in [0.15, 0.2) is 48.8 Å². The second kappa shape index (κ2) is 10.3. The van der Waals surface area contributed by atoms with Crippen LogP contribution >= 0.6 is 0 Å². The van der Waals surface area contributed by atoms with Crippen molar-refractivity contribution in [3.63, 3.8) is 0 Å². The molecule has 0 atom stereocenters. The topological polar surface area (TPSA) is 111 Å². The molecule has 5 rings (SSSR count). The van der Waals surface area contributed by atoms with Crippen molar-refractivity contribution in [1.82, 2.24) is 24.6 Å². The molecule has 4 aromatic rings. The number of nitrogens with one attached hydrogen (secondary N) is 1. The van der Waals surface area contributed by atoms with Crippen LogP contribution in [0.25, 0.3) is 11.0 Å². The summed E-state index contributed by atoms with van der Waals surface area (Å²) in [6.45, 7) is 3.98. The van der Waals surface area contributed by atoms with Gasteiger partial charge >= 0.3 is 0 Å². The van der Waals surface area contributed by atoms with Crippen LogP contribution in [-0.4, -0.2) is 57.8 Å². The molecule has 1 fully saturated rings. The molecule has 1 aliphatic rings. The summed E-state index contributed by atoms with van der Waals surface area (Å²) >= 11 is 0. The number of anilines is 2. The Kier molecular flexibility index (Phi) is 6.75. The fourth-order valence-electron chi connectivity index (χ4n) is 4.48. The molecule has 37 heavy (non-hydrogen) atoms. The summed E-state index contributed by atoms with van der Waals surface area (Å²) in [7, 11) is 3.72. The molecule has 0 saturated carbocycles. The zero-order valence-electron chi connectivity index (χ0n) is 21.2. The molecule has 0 bridgehead atoms. The third-order valence-electron chi connectivity index (χ3n) is 6.72. The summed E-state index contributed by atoms with van der Waals surface area (Å²) in [4.78, 5) is 23.7. The van der Waals surface area contributed by atoms with E-state index in [0.717, 1.165) is 37.1 Å². The highest BCUT2D eigenvalue weighted by Gasteiger charge is 2.24. The van der Waals surface area contributed by atoms with Gasteiger partial charge in [-0.1, -0.05) is 12.0 Å². The predicted octanol–water partition coefficient (Wildman–Crippen LogP) is 3.64. The van der Waals surface area contributed by atoms with E-state index < -0.39 is 0 Å². The predicted molar refractivity (Wildman–Crippen MR) is 144 cm³/mol. The molecule has 1 aliphatic heterocycles. The second-order valence-corrected chi connectivity index (χ2v) is 9.25. The lowest BCUT2D eigenvalue weighted by Gasteiger charge is -2.29. The fourth-order valence-corrected chi connectivity index (χ4v) is 4.48. The van der Waals surface area contributed by atoms with E-state index >= 15 is 0 Å². The van der Waals surface area contributed by atoms with Gasteiger partial charge in [0.15, 0.2) is 5.65 Å². The average Bonchev–Trinajstić information content (AvgIpc) is 3.29. The van der Waals surface area contributed by atoms with E-state index in [2.05, 4.69) is 39.1 Å². The molecular formula is C28H29N7O2. The molecule has 0 aliphatic carbocycles. The van der Waals surface area contributed by atoms with Gasteiger partial charge in [0.1, 0.15) is 23.6 Å². The van der Waals surface area contributed by atoms with Crippen molar-refractivity contribution in [3.05, 3.63) is 71.2 Å². The van der Waals surface area contributed by atoms with Crippen LogP contribution in [0.3, 0.4) is 0 Å². The quantitative estimate of drug-likeness (QED) is 0.416. The number of carbonyl (C=O) groups excluding carboxylic acids is 1. The number of hydrogen-bond donors (Lipinski definition) is 2. The van der Waals surface area contributed by atoms with E-state index in [0.29, 0.717) is 39.5 Å². The third kappa shape index (κ3) is 5.10. The number of aromatic nitrogens is 4. The first-order valence-corrected chi connectivity index (χ1v) is 12.2. The molecule has 1 saturated heterocycles. The largest absolute Gasteiger partial charge is 0.497 e. The molecule has 0 radical (unpaired) electrons. The zero-order chi connectivity index (χ0) is 25.9. The van der Waals surface area contributed by atoms with Crippen molar-refractivity contribution in [1.29, 1.82) is 0 Å². The number of carbonyl (C=O) groups is 1. The van der Waals surface area contributed by atoms with E-state index in [-0.39, 0.29) is 11.9 Å². The number of methoxy groups -OCH3 is 1. The van der Waals surface area contributed by atoms with E-state index in [9.17, 15) is 4.79 Å². The van der Waals surface area contributed by atoms with Crippen LogP contribution in [0, 0.1) is 18.8 Å². The number of aryl methyl sites for hydroxylation is 1. The normalized spacial score (nSPS) is 14.2. The Morgan fingerprint density at radius 2 is 1.86 bits per heavy atom. The van der Waals surface area contributed by atoms with Gasteiger partial charge in [0.05, 0.1) is 18.5 Å². The maximum atomic E-state index is 12.7. The number of amides is 1. The molecule has 3 N–H and O–H groups in total. The van der Waals surface area contributed by atoms with Crippen LogP contribution < -0.4 is 15.8 Å². The number of nitrogens with two attached hydrogens (primary N) is 1. The average molecular weight is 496 g/mol. The van der Waals surface area contributed by atoms with Crippen LogP contribution in [-0.2, 0) is 0 Å². The molecule has 2 aromatic heterocycles. The van der Waals surface area contributed by atoms with Crippen LogP contribution in [0.4, 0.5) is 11.5 Å². The first-order valence-electron chi connectivity index (χ1n) is 12.2. The number of ether oxygens (including phenoxy) is 1. The molecule has 3 heterocycles. The maximum absolute atomic E-state index is 12.7.